The molecule has 7 heteroatoms. The lowest BCUT2D eigenvalue weighted by molar-refractivity contribution is -0.137. The van der Waals surface area contributed by atoms with Crippen molar-refractivity contribution in [1.82, 2.24) is 10.3 Å². The smallest absolute Gasteiger partial charge is 0.384 e. The van der Waals surface area contributed by atoms with Gasteiger partial charge in [-0.3, -0.25) is 0 Å². The highest BCUT2D eigenvalue weighted by Gasteiger charge is 2.31. The highest BCUT2D eigenvalue weighted by molar-refractivity contribution is 5.41. The number of likely N-dealkylation sites (N-methyl/N-ethyl adjacent to an activating group) is 1. The van der Waals surface area contributed by atoms with E-state index >= 15 is 0 Å². The van der Waals surface area contributed by atoms with E-state index in [-0.39, 0.29) is 5.82 Å². The lowest BCUT2D eigenvalue weighted by atomic mass is 10.2. The van der Waals surface area contributed by atoms with Gasteiger partial charge in [0, 0.05) is 13.2 Å². The summed E-state index contributed by atoms with van der Waals surface area (Å²) in [5.41, 5.74) is -0.805. The van der Waals surface area contributed by atoms with Gasteiger partial charge in [-0.1, -0.05) is 6.58 Å². The van der Waals surface area contributed by atoms with Crippen LogP contribution in [0.3, 0.4) is 0 Å². The van der Waals surface area contributed by atoms with Gasteiger partial charge >= 0.3 is 6.18 Å². The second-order valence-electron chi connectivity index (χ2n) is 4.08. The molecule has 1 rings (SSSR count). The van der Waals surface area contributed by atoms with Gasteiger partial charge in [0.1, 0.15) is 12.0 Å². The maximum atomic E-state index is 12.6. The molecule has 2 unspecified atom stereocenters. The van der Waals surface area contributed by atoms with Crippen molar-refractivity contribution < 1.29 is 18.3 Å². The molecule has 106 valence electrons. The number of nitrogens with one attached hydrogen (secondary N) is 1. The Kier molecular flexibility index (Phi) is 4.77. The molecular weight excluding hydrogens is 259 g/mol. The maximum absolute atomic E-state index is 12.6. The lowest BCUT2D eigenvalue weighted by Gasteiger charge is -2.29. The summed E-state index contributed by atoms with van der Waals surface area (Å²) >= 11 is 0. The minimum absolute atomic E-state index is 0.0417. The van der Waals surface area contributed by atoms with Crippen LogP contribution < -0.4 is 10.2 Å². The number of halogens is 3. The highest BCUT2D eigenvalue weighted by Crippen LogP contribution is 2.30. The Labute approximate surface area is 109 Å². The van der Waals surface area contributed by atoms with Crippen LogP contribution in [0.1, 0.15) is 12.5 Å². The molecule has 0 radical (unpaired) electrons. The largest absolute Gasteiger partial charge is 0.416 e. The number of alkyl halides is 3. The van der Waals surface area contributed by atoms with Crippen LogP contribution in [0.5, 0.6) is 0 Å². The maximum Gasteiger partial charge on any atom is 0.416 e. The number of anilines is 1. The second kappa shape index (κ2) is 5.92. The van der Waals surface area contributed by atoms with Crippen LogP contribution in [0.4, 0.5) is 19.0 Å². The average molecular weight is 275 g/mol. The molecule has 1 aromatic heterocycles. The van der Waals surface area contributed by atoms with Gasteiger partial charge in [-0.2, -0.15) is 13.2 Å². The summed E-state index contributed by atoms with van der Waals surface area (Å²) in [6.07, 6.45) is -3.00. The van der Waals surface area contributed by atoms with Crippen molar-refractivity contribution in [3.63, 3.8) is 0 Å². The Morgan fingerprint density at radius 3 is 2.68 bits per heavy atom. The van der Waals surface area contributed by atoms with Gasteiger partial charge in [-0.25, -0.2) is 4.98 Å². The van der Waals surface area contributed by atoms with E-state index in [1.54, 1.807) is 6.92 Å². The van der Waals surface area contributed by atoms with Crippen LogP contribution in [0.25, 0.3) is 0 Å². The first-order valence-electron chi connectivity index (χ1n) is 5.58. The van der Waals surface area contributed by atoms with Gasteiger partial charge in [0.2, 0.25) is 0 Å². The topological polar surface area (TPSA) is 48.4 Å². The summed E-state index contributed by atoms with van der Waals surface area (Å²) in [7, 11) is 1.47. The fourth-order valence-electron chi connectivity index (χ4n) is 1.53. The van der Waals surface area contributed by atoms with Crippen molar-refractivity contribution in [2.45, 2.75) is 25.4 Å². The first kappa shape index (κ1) is 15.3. The molecule has 0 aliphatic carbocycles. The molecular formula is C12H16F3N3O. The van der Waals surface area contributed by atoms with E-state index in [1.165, 1.54) is 18.1 Å². The van der Waals surface area contributed by atoms with E-state index in [0.29, 0.717) is 0 Å². The summed E-state index contributed by atoms with van der Waals surface area (Å²) in [4.78, 5) is 5.09. The van der Waals surface area contributed by atoms with E-state index < -0.39 is 24.0 Å². The van der Waals surface area contributed by atoms with Crippen molar-refractivity contribution in [3.05, 3.63) is 36.7 Å². The number of aromatic nitrogens is 1. The SMILES string of the molecule is C=CNC(C)C(O)N(C)c1cc(C(F)(F)F)ccn1. The zero-order valence-corrected chi connectivity index (χ0v) is 10.6. The lowest BCUT2D eigenvalue weighted by Crippen LogP contribution is -2.45. The molecule has 0 bridgehead atoms. The quantitative estimate of drug-likeness (QED) is 0.807. The van der Waals surface area contributed by atoms with E-state index in [4.69, 9.17) is 0 Å². The first-order valence-corrected chi connectivity index (χ1v) is 5.58. The zero-order valence-electron chi connectivity index (χ0n) is 10.6. The predicted molar refractivity (Wildman–Crippen MR) is 66.4 cm³/mol. The Balaban J connectivity index is 2.93. The standard InChI is InChI=1S/C12H16F3N3O/c1-4-16-8(2)11(19)18(3)10-7-9(5-6-17-10)12(13,14)15/h4-8,11,16,19H,1H2,2-3H3. The number of rotatable bonds is 5. The molecule has 2 N–H and O–H groups in total. The fraction of sp³-hybridized carbons (Fsp3) is 0.417. The van der Waals surface area contributed by atoms with Crippen molar-refractivity contribution >= 4 is 5.82 Å². The van der Waals surface area contributed by atoms with Crippen LogP contribution in [-0.4, -0.2) is 29.4 Å². The Bertz CT molecular complexity index is 436. The summed E-state index contributed by atoms with van der Waals surface area (Å²) in [6.45, 7) is 5.13. The molecule has 0 saturated carbocycles. The van der Waals surface area contributed by atoms with Crippen LogP contribution >= 0.6 is 0 Å². The Morgan fingerprint density at radius 1 is 1.53 bits per heavy atom. The van der Waals surface area contributed by atoms with Crippen molar-refractivity contribution in [2.75, 3.05) is 11.9 Å². The number of pyridine rings is 1. The zero-order chi connectivity index (χ0) is 14.6. The van der Waals surface area contributed by atoms with Gasteiger partial charge in [0.15, 0.2) is 0 Å². The molecule has 19 heavy (non-hydrogen) atoms. The molecule has 0 saturated heterocycles. The molecule has 0 aromatic carbocycles. The third-order valence-corrected chi connectivity index (χ3v) is 2.66. The number of nitrogens with zero attached hydrogens (tertiary/aromatic N) is 2. The summed E-state index contributed by atoms with van der Waals surface area (Å²) in [5, 5.41) is 12.7. The van der Waals surface area contributed by atoms with Crippen molar-refractivity contribution in [1.29, 1.82) is 0 Å². The second-order valence-corrected chi connectivity index (χ2v) is 4.08. The van der Waals surface area contributed by atoms with Gasteiger partial charge in [-0.15, -0.1) is 0 Å². The summed E-state index contributed by atoms with van der Waals surface area (Å²) < 4.78 is 37.7. The molecule has 4 nitrogen and oxygen atoms in total. The predicted octanol–water partition coefficient (Wildman–Crippen LogP) is 1.98. The highest BCUT2D eigenvalue weighted by atomic mass is 19.4. The molecule has 1 aromatic rings. The van der Waals surface area contributed by atoms with E-state index in [0.717, 1.165) is 18.3 Å². The van der Waals surface area contributed by atoms with Crippen molar-refractivity contribution in [2.24, 2.45) is 0 Å². The molecule has 0 aliphatic rings. The third kappa shape index (κ3) is 3.85. The van der Waals surface area contributed by atoms with Crippen molar-refractivity contribution in [3.8, 4) is 0 Å². The Morgan fingerprint density at radius 2 is 2.16 bits per heavy atom. The minimum Gasteiger partial charge on any atom is -0.384 e. The monoisotopic (exact) mass is 275 g/mol. The number of aliphatic hydroxyl groups is 1. The van der Waals surface area contributed by atoms with Gasteiger partial charge in [0.25, 0.3) is 0 Å². The number of hydrogen-bond donors (Lipinski definition) is 2. The van der Waals surface area contributed by atoms with Crippen LogP contribution in [0.2, 0.25) is 0 Å². The molecule has 0 fully saturated rings. The number of aliphatic hydroxyl groups excluding tert-OH is 1. The van der Waals surface area contributed by atoms with E-state index in [1.807, 2.05) is 0 Å². The number of hydrogen-bond acceptors (Lipinski definition) is 4. The van der Waals surface area contributed by atoms with Gasteiger partial charge in [0.05, 0.1) is 11.6 Å². The first-order chi connectivity index (χ1) is 8.77. The van der Waals surface area contributed by atoms with E-state index in [9.17, 15) is 18.3 Å². The third-order valence-electron chi connectivity index (χ3n) is 2.66. The molecule has 2 atom stereocenters. The van der Waals surface area contributed by atoms with E-state index in [2.05, 4.69) is 16.9 Å². The van der Waals surface area contributed by atoms with Gasteiger partial charge in [-0.05, 0) is 25.3 Å². The molecule has 0 spiro atoms. The normalized spacial score (nSPS) is 14.6. The molecule has 0 aliphatic heterocycles. The summed E-state index contributed by atoms with van der Waals surface area (Å²) in [5.74, 6) is 0.0417. The molecule has 0 amide bonds. The molecule has 1 heterocycles. The van der Waals surface area contributed by atoms with Gasteiger partial charge < -0.3 is 15.3 Å². The fourth-order valence-corrected chi connectivity index (χ4v) is 1.53. The minimum atomic E-state index is -4.44. The van der Waals surface area contributed by atoms with Crippen LogP contribution in [-0.2, 0) is 6.18 Å². The van der Waals surface area contributed by atoms with Crippen LogP contribution in [0.15, 0.2) is 31.1 Å². The average Bonchev–Trinajstić information content (AvgIpc) is 2.36. The Hall–Kier alpha value is -1.76. The van der Waals surface area contributed by atoms with Crippen LogP contribution in [0, 0.1) is 0 Å². The summed E-state index contributed by atoms with van der Waals surface area (Å²) in [6, 6.07) is 1.37.